The van der Waals surface area contributed by atoms with Crippen LogP contribution in [0.4, 0.5) is 0 Å². The summed E-state index contributed by atoms with van der Waals surface area (Å²) in [6.45, 7) is 1.71. The third kappa shape index (κ3) is 22.8. The number of hydrogen-bond donors (Lipinski definition) is 1. The molecule has 2 heterocycles. The van der Waals surface area contributed by atoms with Crippen molar-refractivity contribution in [2.24, 2.45) is 0 Å². The van der Waals surface area contributed by atoms with Crippen molar-refractivity contribution in [1.82, 2.24) is 0 Å². The molecule has 1 N–H and O–H groups in total. The highest BCUT2D eigenvalue weighted by atomic mass is 16.8. The maximum Gasteiger partial charge on any atom is 0.187 e. The summed E-state index contributed by atoms with van der Waals surface area (Å²) in [5, 5.41) is 14.5. The zero-order valence-corrected chi connectivity index (χ0v) is 62.3. The van der Waals surface area contributed by atoms with Gasteiger partial charge < -0.3 is 76.2 Å². The fourth-order valence-electron chi connectivity index (χ4n) is 14.3. The average molecular weight is 1500 g/mol. The SMILES string of the molecule is OC1C(O[C@@H]2OC(COCc3ccccc3)[C@H](OCc3ccccc3)[C@H](OCc3ccccc3)C2OCc2ccccc2)C(OCc2ccccc2)C(OCc2ccccc2)[C@H](OCc2ccccc2)C1O[C@H]1OC(COCc2ccccc2)[C@@H](OCc2ccccc2)C(OCc2ccccc2)[C@H]1OCc1ccccc1. The van der Waals surface area contributed by atoms with Crippen LogP contribution in [0.25, 0.3) is 0 Å². The maximum atomic E-state index is 14.5. The zero-order chi connectivity index (χ0) is 75.3. The molecule has 2 aliphatic heterocycles. The molecule has 2 saturated heterocycles. The Labute approximate surface area is 651 Å². The second-order valence-corrected chi connectivity index (χ2v) is 28.1. The molecular weight excluding hydrogens is 1400 g/mol. The maximum absolute atomic E-state index is 14.5. The Hall–Kier alpha value is -9.22. The Balaban J connectivity index is 0.913. The summed E-state index contributed by atoms with van der Waals surface area (Å²) in [6.07, 6.45) is -18.1. The van der Waals surface area contributed by atoms with Gasteiger partial charge in [-0.25, -0.2) is 0 Å². The van der Waals surface area contributed by atoms with Gasteiger partial charge in [0.1, 0.15) is 85.5 Å². The third-order valence-electron chi connectivity index (χ3n) is 20.1. The first-order chi connectivity index (χ1) is 55.0. The van der Waals surface area contributed by atoms with Gasteiger partial charge in [-0.05, 0) is 61.2 Å². The molecular formula is C95H98O16. The summed E-state index contributed by atoms with van der Waals surface area (Å²) in [4.78, 5) is 0. The molecule has 3 aliphatic rings. The number of aliphatic hydroxyl groups excluding tert-OH is 1. The largest absolute Gasteiger partial charge is 0.387 e. The van der Waals surface area contributed by atoms with Gasteiger partial charge in [-0.3, -0.25) is 0 Å². The van der Waals surface area contributed by atoms with E-state index in [2.05, 4.69) is 0 Å². The van der Waals surface area contributed by atoms with E-state index in [-0.39, 0.29) is 85.9 Å². The second kappa shape index (κ2) is 41.9. The number of rotatable bonds is 39. The van der Waals surface area contributed by atoms with Crippen molar-refractivity contribution in [3.8, 4) is 0 Å². The number of aliphatic hydroxyl groups is 1. The van der Waals surface area contributed by atoms with Crippen molar-refractivity contribution >= 4 is 0 Å². The van der Waals surface area contributed by atoms with Gasteiger partial charge in [0.25, 0.3) is 0 Å². The van der Waals surface area contributed by atoms with E-state index in [1.54, 1.807) is 0 Å². The van der Waals surface area contributed by atoms with Crippen molar-refractivity contribution in [3.05, 3.63) is 395 Å². The first-order valence-electron chi connectivity index (χ1n) is 38.4. The summed E-state index contributed by atoms with van der Waals surface area (Å²) < 4.78 is 110. The van der Waals surface area contributed by atoms with E-state index in [0.717, 1.165) is 61.2 Å². The molecule has 1 aliphatic carbocycles. The molecule has 111 heavy (non-hydrogen) atoms. The van der Waals surface area contributed by atoms with Crippen LogP contribution < -0.4 is 0 Å². The molecule has 9 unspecified atom stereocenters. The minimum Gasteiger partial charge on any atom is -0.387 e. The highest BCUT2D eigenvalue weighted by Crippen LogP contribution is 2.41. The lowest BCUT2D eigenvalue weighted by Gasteiger charge is -2.53. The molecule has 3 fully saturated rings. The Kier molecular flexibility index (Phi) is 29.6. The summed E-state index contributed by atoms with van der Waals surface area (Å²) in [5.74, 6) is 0. The second-order valence-electron chi connectivity index (χ2n) is 28.1. The van der Waals surface area contributed by atoms with Gasteiger partial charge in [-0.1, -0.05) is 334 Å². The van der Waals surface area contributed by atoms with Gasteiger partial charge in [0, 0.05) is 0 Å². The van der Waals surface area contributed by atoms with Crippen LogP contribution in [-0.4, -0.2) is 116 Å². The average Bonchev–Trinajstić information content (AvgIpc) is 0.750. The predicted molar refractivity (Wildman–Crippen MR) is 420 cm³/mol. The summed E-state index contributed by atoms with van der Waals surface area (Å²) >= 11 is 0. The number of ether oxygens (including phenoxy) is 15. The van der Waals surface area contributed by atoms with Gasteiger partial charge in [-0.2, -0.15) is 0 Å². The molecule has 1 saturated carbocycles. The lowest BCUT2D eigenvalue weighted by Crippen LogP contribution is -2.70. The van der Waals surface area contributed by atoms with Crippen LogP contribution in [0.3, 0.4) is 0 Å². The van der Waals surface area contributed by atoms with Crippen LogP contribution >= 0.6 is 0 Å². The summed E-state index contributed by atoms with van der Waals surface area (Å²) in [7, 11) is 0. The lowest BCUT2D eigenvalue weighted by molar-refractivity contribution is -0.381. The van der Waals surface area contributed by atoms with E-state index in [1.165, 1.54) is 0 Å². The topological polar surface area (TPSA) is 159 Å². The predicted octanol–water partition coefficient (Wildman–Crippen LogP) is 16.3. The van der Waals surface area contributed by atoms with Crippen molar-refractivity contribution in [2.45, 2.75) is 171 Å². The van der Waals surface area contributed by atoms with E-state index < -0.39 is 98.0 Å². The summed E-state index contributed by atoms with van der Waals surface area (Å²) in [5.41, 5.74) is 10.00. The minimum absolute atomic E-state index is 0.0269. The van der Waals surface area contributed by atoms with Crippen molar-refractivity contribution in [1.29, 1.82) is 0 Å². The highest BCUT2D eigenvalue weighted by Gasteiger charge is 2.60. The quantitative estimate of drug-likeness (QED) is 0.0387. The van der Waals surface area contributed by atoms with Crippen molar-refractivity contribution < 1.29 is 76.2 Å². The van der Waals surface area contributed by atoms with Gasteiger partial charge in [0.15, 0.2) is 12.6 Å². The first-order valence-corrected chi connectivity index (χ1v) is 38.4. The number of benzene rings is 11. The van der Waals surface area contributed by atoms with Crippen LogP contribution in [-0.2, 0) is 144 Å². The molecule has 0 aromatic heterocycles. The highest BCUT2D eigenvalue weighted by molar-refractivity contribution is 5.23. The molecule has 0 bridgehead atoms. The standard InChI is InChI=1S/C95H98O16/c96-82-85(110-94-92(106-65-78-52-30-10-31-53-78)87(101-60-73-42-20-5-21-43-73)83(99-58-71-38-16-3-17-39-71)80(108-94)67-97-56-69-34-12-1-13-35-69)89(103-62-75-46-24-7-25-47-75)91(105-64-77-50-28-9-29-51-77)90(104-63-76-48-26-8-27-49-76)86(82)111-95-93(107-66-79-54-32-11-33-55-79)88(102-61-74-44-22-6-23-45-74)84(100-59-72-40-18-4-19-41-72)81(109-95)68-98-57-70-36-14-2-15-37-70/h1-55,80-96H,56-68H2/t80?,81?,82?,83-,84+,85?,86?,87-,88?,89?,90+,91?,92?,93+,94-,95+/m0/s1. The van der Waals surface area contributed by atoms with E-state index in [1.807, 2.05) is 334 Å². The minimum atomic E-state index is -1.67. The molecule has 16 atom stereocenters. The lowest BCUT2D eigenvalue weighted by atomic mass is 9.83. The van der Waals surface area contributed by atoms with Crippen LogP contribution in [0.5, 0.6) is 0 Å². The smallest absolute Gasteiger partial charge is 0.187 e. The zero-order valence-electron chi connectivity index (χ0n) is 62.3. The van der Waals surface area contributed by atoms with Crippen molar-refractivity contribution in [3.63, 3.8) is 0 Å². The fraction of sp³-hybridized carbons (Fsp3) is 0.305. The molecule has 14 rings (SSSR count). The van der Waals surface area contributed by atoms with Crippen LogP contribution in [0.2, 0.25) is 0 Å². The van der Waals surface area contributed by atoms with E-state index >= 15 is 0 Å². The normalized spacial score (nSPS) is 24.6. The Morgan fingerprint density at radius 1 is 0.189 bits per heavy atom. The fourth-order valence-corrected chi connectivity index (χ4v) is 14.3. The van der Waals surface area contributed by atoms with Gasteiger partial charge in [0.2, 0.25) is 0 Å². The van der Waals surface area contributed by atoms with E-state index in [4.69, 9.17) is 71.1 Å². The molecule has 11 aromatic rings. The van der Waals surface area contributed by atoms with E-state index in [9.17, 15) is 5.11 Å². The van der Waals surface area contributed by atoms with Gasteiger partial charge in [0.05, 0.1) is 85.9 Å². The van der Waals surface area contributed by atoms with Crippen LogP contribution in [0, 0.1) is 0 Å². The Morgan fingerprint density at radius 3 is 0.559 bits per heavy atom. The molecule has 0 amide bonds. The number of hydrogen-bond acceptors (Lipinski definition) is 16. The first kappa shape index (κ1) is 78.5. The molecule has 0 spiro atoms. The molecule has 16 heteroatoms. The third-order valence-corrected chi connectivity index (χ3v) is 20.1. The Morgan fingerprint density at radius 2 is 0.351 bits per heavy atom. The van der Waals surface area contributed by atoms with Crippen LogP contribution in [0.1, 0.15) is 61.2 Å². The monoisotopic (exact) mass is 1490 g/mol. The van der Waals surface area contributed by atoms with E-state index in [0.29, 0.717) is 0 Å². The molecule has 11 aromatic carbocycles. The van der Waals surface area contributed by atoms with Crippen molar-refractivity contribution in [2.75, 3.05) is 13.2 Å². The van der Waals surface area contributed by atoms with Crippen LogP contribution in [0.15, 0.2) is 334 Å². The van der Waals surface area contributed by atoms with Gasteiger partial charge >= 0.3 is 0 Å². The molecule has 0 radical (unpaired) electrons. The molecule has 16 nitrogen and oxygen atoms in total. The van der Waals surface area contributed by atoms with Gasteiger partial charge in [-0.15, -0.1) is 0 Å². The molecule has 574 valence electrons. The summed E-state index contributed by atoms with van der Waals surface area (Å²) in [6, 6.07) is 110. The Bertz CT molecular complexity index is 4090.